The minimum Gasteiger partial charge on any atom is -0.317 e. The number of nitrogens with one attached hydrogen (secondary N) is 2. The molecule has 0 atom stereocenters. The van der Waals surface area contributed by atoms with Crippen molar-refractivity contribution in [1.82, 2.24) is 20.2 Å². The number of H-pyrrole nitrogens is 1. The second kappa shape index (κ2) is 7.11. The molecule has 23 heavy (non-hydrogen) atoms. The van der Waals surface area contributed by atoms with Gasteiger partial charge < -0.3 is 10.3 Å². The van der Waals surface area contributed by atoms with Crippen LogP contribution in [0.2, 0.25) is 0 Å². The maximum atomic E-state index is 12.4. The number of aromatic amines is 1. The van der Waals surface area contributed by atoms with Gasteiger partial charge in [-0.15, -0.1) is 11.3 Å². The van der Waals surface area contributed by atoms with E-state index in [0.29, 0.717) is 6.04 Å². The Labute approximate surface area is 141 Å². The minimum atomic E-state index is 0.00797. The molecule has 0 radical (unpaired) electrons. The van der Waals surface area contributed by atoms with E-state index in [1.807, 2.05) is 6.92 Å². The summed E-state index contributed by atoms with van der Waals surface area (Å²) in [7, 11) is 0. The van der Waals surface area contributed by atoms with E-state index >= 15 is 0 Å². The largest absolute Gasteiger partial charge is 0.317 e. The second-order valence-corrected chi connectivity index (χ2v) is 7.63. The Bertz CT molecular complexity index is 730. The second-order valence-electron chi connectivity index (χ2n) is 6.43. The zero-order valence-electron chi connectivity index (χ0n) is 14.2. The summed E-state index contributed by atoms with van der Waals surface area (Å²) in [4.78, 5) is 24.7. The van der Waals surface area contributed by atoms with Crippen molar-refractivity contribution in [2.45, 2.75) is 52.6 Å². The van der Waals surface area contributed by atoms with E-state index in [1.165, 1.54) is 17.7 Å². The fourth-order valence-corrected chi connectivity index (χ4v) is 4.47. The third-order valence-electron chi connectivity index (χ3n) is 4.78. The monoisotopic (exact) mass is 334 g/mol. The van der Waals surface area contributed by atoms with E-state index < -0.39 is 0 Å². The van der Waals surface area contributed by atoms with Crippen LogP contribution in [-0.2, 0) is 6.54 Å². The van der Waals surface area contributed by atoms with Crippen molar-refractivity contribution in [2.24, 2.45) is 0 Å². The quantitative estimate of drug-likeness (QED) is 0.882. The lowest BCUT2D eigenvalue weighted by Crippen LogP contribution is -2.43. The molecule has 0 spiro atoms. The third kappa shape index (κ3) is 3.49. The van der Waals surface area contributed by atoms with Gasteiger partial charge in [-0.05, 0) is 58.3 Å². The zero-order valence-corrected chi connectivity index (χ0v) is 15.1. The van der Waals surface area contributed by atoms with Gasteiger partial charge >= 0.3 is 0 Å². The molecular formula is C17H26N4OS. The van der Waals surface area contributed by atoms with Gasteiger partial charge in [0, 0.05) is 10.9 Å². The highest BCUT2D eigenvalue weighted by Crippen LogP contribution is 2.26. The lowest BCUT2D eigenvalue weighted by atomic mass is 10.0. The molecule has 5 nitrogen and oxygen atoms in total. The summed E-state index contributed by atoms with van der Waals surface area (Å²) in [6, 6.07) is 0.587. The molecule has 3 rings (SSSR count). The molecule has 2 aromatic rings. The topological polar surface area (TPSA) is 61.0 Å². The summed E-state index contributed by atoms with van der Waals surface area (Å²) in [5.74, 6) is 0.802. The van der Waals surface area contributed by atoms with Crippen LogP contribution in [0.4, 0.5) is 0 Å². The summed E-state index contributed by atoms with van der Waals surface area (Å²) in [6.45, 7) is 10.2. The van der Waals surface area contributed by atoms with Gasteiger partial charge in [-0.3, -0.25) is 9.69 Å². The van der Waals surface area contributed by atoms with E-state index in [-0.39, 0.29) is 5.56 Å². The van der Waals surface area contributed by atoms with E-state index in [9.17, 15) is 4.79 Å². The fourth-order valence-electron chi connectivity index (χ4n) is 3.42. The molecule has 0 bridgehead atoms. The van der Waals surface area contributed by atoms with Gasteiger partial charge in [-0.25, -0.2) is 4.98 Å². The van der Waals surface area contributed by atoms with Crippen molar-refractivity contribution in [1.29, 1.82) is 0 Å². The molecule has 1 aliphatic rings. The van der Waals surface area contributed by atoms with Crippen LogP contribution in [0.1, 0.15) is 42.5 Å². The Morgan fingerprint density at radius 1 is 1.30 bits per heavy atom. The summed E-state index contributed by atoms with van der Waals surface area (Å²) >= 11 is 1.62. The molecule has 1 aliphatic heterocycles. The molecule has 0 aromatic carbocycles. The van der Waals surface area contributed by atoms with Crippen LogP contribution >= 0.6 is 11.3 Å². The van der Waals surface area contributed by atoms with Crippen LogP contribution in [0.5, 0.6) is 0 Å². The number of fused-ring (bicyclic) bond motifs is 1. The Morgan fingerprint density at radius 3 is 2.74 bits per heavy atom. The van der Waals surface area contributed by atoms with Crippen molar-refractivity contribution >= 4 is 21.6 Å². The van der Waals surface area contributed by atoms with Gasteiger partial charge in [0.2, 0.25) is 0 Å². The molecular weight excluding hydrogens is 308 g/mol. The van der Waals surface area contributed by atoms with Gasteiger partial charge in [0.25, 0.3) is 5.56 Å². The first-order valence-electron chi connectivity index (χ1n) is 8.53. The number of piperidine rings is 1. The first-order chi connectivity index (χ1) is 11.1. The van der Waals surface area contributed by atoms with Crippen LogP contribution in [0.15, 0.2) is 4.79 Å². The molecule has 0 aliphatic carbocycles. The Kier molecular flexibility index (Phi) is 5.14. The summed E-state index contributed by atoms with van der Waals surface area (Å²) in [5, 5.41) is 4.18. The zero-order chi connectivity index (χ0) is 16.4. The van der Waals surface area contributed by atoms with Crippen molar-refractivity contribution in [2.75, 3.05) is 19.6 Å². The molecule has 1 saturated heterocycles. The van der Waals surface area contributed by atoms with Crippen LogP contribution in [0, 0.1) is 13.8 Å². The predicted octanol–water partition coefficient (Wildman–Crippen LogP) is 2.57. The number of thiophene rings is 1. The molecule has 0 unspecified atom stereocenters. The number of nitrogens with zero attached hydrogens (tertiary/aromatic N) is 2. The normalized spacial score (nSPS) is 16.5. The van der Waals surface area contributed by atoms with Crippen LogP contribution in [-0.4, -0.2) is 40.5 Å². The number of hydrogen-bond donors (Lipinski definition) is 2. The minimum absolute atomic E-state index is 0.00797. The first kappa shape index (κ1) is 16.6. The molecule has 2 N–H and O–H groups in total. The van der Waals surface area contributed by atoms with Gasteiger partial charge in [0.1, 0.15) is 10.7 Å². The highest BCUT2D eigenvalue weighted by molar-refractivity contribution is 7.18. The average Bonchev–Trinajstić information content (AvgIpc) is 2.83. The highest BCUT2D eigenvalue weighted by atomic mass is 32.1. The highest BCUT2D eigenvalue weighted by Gasteiger charge is 2.22. The third-order valence-corrected chi connectivity index (χ3v) is 5.88. The van der Waals surface area contributed by atoms with Crippen LogP contribution < -0.4 is 10.9 Å². The van der Waals surface area contributed by atoms with E-state index in [2.05, 4.69) is 29.0 Å². The van der Waals surface area contributed by atoms with Crippen molar-refractivity contribution in [3.63, 3.8) is 0 Å². The summed E-state index contributed by atoms with van der Waals surface area (Å²) < 4.78 is 0. The lowest BCUT2D eigenvalue weighted by molar-refractivity contribution is 0.150. The fraction of sp³-hybridized carbons (Fsp3) is 0.647. The molecule has 0 amide bonds. The van der Waals surface area contributed by atoms with Crippen molar-refractivity contribution < 1.29 is 0 Å². The summed E-state index contributed by atoms with van der Waals surface area (Å²) in [6.07, 6.45) is 3.46. The lowest BCUT2D eigenvalue weighted by Gasteiger charge is -2.34. The summed E-state index contributed by atoms with van der Waals surface area (Å²) in [5.41, 5.74) is 1.07. The number of aromatic nitrogens is 2. The molecule has 2 aromatic heterocycles. The van der Waals surface area contributed by atoms with Crippen LogP contribution in [0.3, 0.4) is 0 Å². The van der Waals surface area contributed by atoms with Crippen molar-refractivity contribution in [3.05, 3.63) is 26.6 Å². The first-order valence-corrected chi connectivity index (χ1v) is 9.35. The number of aryl methyl sites for hydroxylation is 2. The van der Waals surface area contributed by atoms with Gasteiger partial charge in [0.15, 0.2) is 0 Å². The Balaban J connectivity index is 1.87. The number of rotatable bonds is 5. The molecule has 1 fully saturated rings. The van der Waals surface area contributed by atoms with E-state index in [1.54, 1.807) is 11.3 Å². The predicted molar refractivity (Wildman–Crippen MR) is 96.3 cm³/mol. The molecule has 0 saturated carbocycles. The molecule has 3 heterocycles. The number of hydrogen-bond acceptors (Lipinski definition) is 5. The van der Waals surface area contributed by atoms with E-state index in [0.717, 1.165) is 54.2 Å². The van der Waals surface area contributed by atoms with Gasteiger partial charge in [0.05, 0.1) is 11.9 Å². The standard InChI is InChI=1S/C17H26N4OS/c1-4-9-21(13-5-7-18-8-6-13)10-14-19-16(22)15-11(2)12(3)23-17(15)20-14/h13,18H,4-10H2,1-3H3,(H,19,20,22). The van der Waals surface area contributed by atoms with Crippen molar-refractivity contribution in [3.8, 4) is 0 Å². The van der Waals surface area contributed by atoms with Gasteiger partial charge in [-0.1, -0.05) is 6.92 Å². The smallest absolute Gasteiger partial charge is 0.259 e. The average molecular weight is 334 g/mol. The Hall–Kier alpha value is -1.24. The van der Waals surface area contributed by atoms with Gasteiger partial charge in [-0.2, -0.15) is 0 Å². The molecule has 6 heteroatoms. The maximum absolute atomic E-state index is 12.4. The maximum Gasteiger partial charge on any atom is 0.259 e. The SMILES string of the molecule is CCCN(Cc1nc2sc(C)c(C)c2c(=O)[nH]1)C1CCNCC1. The molecule has 126 valence electrons. The van der Waals surface area contributed by atoms with E-state index in [4.69, 9.17) is 4.98 Å². The Morgan fingerprint density at radius 2 is 2.04 bits per heavy atom. The van der Waals surface area contributed by atoms with Crippen LogP contribution in [0.25, 0.3) is 10.2 Å².